The van der Waals surface area contributed by atoms with Gasteiger partial charge in [0.2, 0.25) is 5.91 Å². The van der Waals surface area contributed by atoms with Crippen LogP contribution in [0.3, 0.4) is 0 Å². The van der Waals surface area contributed by atoms with Crippen molar-refractivity contribution < 1.29 is 19.1 Å². The Balaban J connectivity index is 3.02. The van der Waals surface area contributed by atoms with Gasteiger partial charge in [0.1, 0.15) is 11.4 Å². The van der Waals surface area contributed by atoms with E-state index in [-0.39, 0.29) is 11.6 Å². The van der Waals surface area contributed by atoms with Crippen LogP contribution in [0, 0.1) is 11.7 Å². The molecular weight excluding hydrogens is 239 g/mol. The number of hydrogen-bond donors (Lipinski definition) is 3. The third kappa shape index (κ3) is 3.04. The molecular formula is C12H15FN2O3. The zero-order valence-electron chi connectivity index (χ0n) is 10.1. The molecule has 1 atom stereocenters. The van der Waals surface area contributed by atoms with Gasteiger partial charge in [0.05, 0.1) is 11.7 Å². The van der Waals surface area contributed by atoms with Crippen LogP contribution in [-0.2, 0) is 4.79 Å². The second-order valence-corrected chi connectivity index (χ2v) is 4.23. The Morgan fingerprint density at radius 1 is 1.39 bits per heavy atom. The first-order valence-corrected chi connectivity index (χ1v) is 5.42. The molecule has 0 heterocycles. The molecule has 1 rings (SSSR count). The molecule has 4 N–H and O–H groups in total. The summed E-state index contributed by atoms with van der Waals surface area (Å²) < 4.78 is 13.3. The van der Waals surface area contributed by atoms with Gasteiger partial charge >= 0.3 is 5.97 Å². The summed E-state index contributed by atoms with van der Waals surface area (Å²) in [5.41, 5.74) is 4.96. The molecule has 1 unspecified atom stereocenters. The van der Waals surface area contributed by atoms with Crippen molar-refractivity contribution in [2.24, 2.45) is 11.7 Å². The minimum atomic E-state index is -1.44. The van der Waals surface area contributed by atoms with Crippen molar-refractivity contribution in [3.63, 3.8) is 0 Å². The SMILES string of the molecule is CC(C)C(N)C(=O)Nc1cccc(F)c1C(=O)O. The number of nitrogens with one attached hydrogen (secondary N) is 1. The number of hydrogen-bond acceptors (Lipinski definition) is 3. The summed E-state index contributed by atoms with van der Waals surface area (Å²) in [4.78, 5) is 22.6. The van der Waals surface area contributed by atoms with Crippen LogP contribution in [0.4, 0.5) is 10.1 Å². The van der Waals surface area contributed by atoms with E-state index in [2.05, 4.69) is 5.32 Å². The van der Waals surface area contributed by atoms with E-state index in [0.717, 1.165) is 6.07 Å². The Morgan fingerprint density at radius 3 is 2.50 bits per heavy atom. The highest BCUT2D eigenvalue weighted by atomic mass is 19.1. The molecule has 1 aromatic rings. The number of rotatable bonds is 4. The molecule has 0 aliphatic heterocycles. The molecule has 18 heavy (non-hydrogen) atoms. The lowest BCUT2D eigenvalue weighted by Gasteiger charge is -2.16. The standard InChI is InChI=1S/C12H15FN2O3/c1-6(2)10(14)11(16)15-8-5-3-4-7(13)9(8)12(17)18/h3-6,10H,14H2,1-2H3,(H,15,16)(H,17,18). The minimum absolute atomic E-state index is 0.0939. The van der Waals surface area contributed by atoms with Crippen LogP contribution < -0.4 is 11.1 Å². The Bertz CT molecular complexity index is 474. The number of carbonyl (C=O) groups excluding carboxylic acids is 1. The first kappa shape index (κ1) is 14.1. The lowest BCUT2D eigenvalue weighted by atomic mass is 10.0. The fourth-order valence-electron chi connectivity index (χ4n) is 1.36. The lowest BCUT2D eigenvalue weighted by molar-refractivity contribution is -0.118. The normalized spacial score (nSPS) is 12.3. The van der Waals surface area contributed by atoms with Gasteiger partial charge in [-0.25, -0.2) is 9.18 Å². The number of carboxylic acids is 1. The molecule has 0 fully saturated rings. The smallest absolute Gasteiger partial charge is 0.340 e. The summed E-state index contributed by atoms with van der Waals surface area (Å²) in [6.45, 7) is 3.52. The number of carbonyl (C=O) groups is 2. The van der Waals surface area contributed by atoms with E-state index in [0.29, 0.717) is 0 Å². The van der Waals surface area contributed by atoms with Crippen molar-refractivity contribution >= 4 is 17.6 Å². The van der Waals surface area contributed by atoms with E-state index in [1.165, 1.54) is 12.1 Å². The van der Waals surface area contributed by atoms with Crippen molar-refractivity contribution in [3.05, 3.63) is 29.6 Å². The number of carboxylic acid groups (broad SMARTS) is 1. The van der Waals surface area contributed by atoms with Crippen LogP contribution in [0.25, 0.3) is 0 Å². The first-order valence-electron chi connectivity index (χ1n) is 5.42. The van der Waals surface area contributed by atoms with Crippen molar-refractivity contribution in [1.29, 1.82) is 0 Å². The molecule has 0 saturated carbocycles. The molecule has 1 aromatic carbocycles. The summed E-state index contributed by atoms with van der Waals surface area (Å²) >= 11 is 0. The molecule has 0 radical (unpaired) electrons. The van der Waals surface area contributed by atoms with Gasteiger partial charge in [0, 0.05) is 0 Å². The van der Waals surface area contributed by atoms with Crippen molar-refractivity contribution in [2.45, 2.75) is 19.9 Å². The van der Waals surface area contributed by atoms with Crippen LogP contribution in [-0.4, -0.2) is 23.0 Å². The highest BCUT2D eigenvalue weighted by Gasteiger charge is 2.21. The Morgan fingerprint density at radius 2 is 2.00 bits per heavy atom. The number of aromatic carboxylic acids is 1. The molecule has 0 aromatic heterocycles. The first-order chi connectivity index (χ1) is 8.34. The molecule has 1 amide bonds. The monoisotopic (exact) mass is 254 g/mol. The molecule has 0 bridgehead atoms. The summed E-state index contributed by atoms with van der Waals surface area (Å²) in [7, 11) is 0. The quantitative estimate of drug-likeness (QED) is 0.758. The fourth-order valence-corrected chi connectivity index (χ4v) is 1.36. The van der Waals surface area contributed by atoms with Gasteiger partial charge in [0.25, 0.3) is 0 Å². The van der Waals surface area contributed by atoms with E-state index >= 15 is 0 Å². The maximum absolute atomic E-state index is 13.3. The number of halogens is 1. The number of amides is 1. The lowest BCUT2D eigenvalue weighted by Crippen LogP contribution is -2.40. The number of benzene rings is 1. The van der Waals surface area contributed by atoms with Gasteiger partial charge in [-0.05, 0) is 18.1 Å². The van der Waals surface area contributed by atoms with Crippen molar-refractivity contribution in [2.75, 3.05) is 5.32 Å². The molecule has 0 aliphatic rings. The Kier molecular flexibility index (Phi) is 4.38. The number of nitrogens with two attached hydrogens (primary N) is 1. The van der Waals surface area contributed by atoms with Crippen molar-refractivity contribution in [1.82, 2.24) is 0 Å². The highest BCUT2D eigenvalue weighted by Crippen LogP contribution is 2.19. The number of anilines is 1. The maximum Gasteiger partial charge on any atom is 0.340 e. The largest absolute Gasteiger partial charge is 0.478 e. The topological polar surface area (TPSA) is 92.4 Å². The van der Waals surface area contributed by atoms with E-state index in [1.54, 1.807) is 13.8 Å². The summed E-state index contributed by atoms with van der Waals surface area (Å²) in [5.74, 6) is -3.00. The molecule has 6 heteroatoms. The average molecular weight is 254 g/mol. The van der Waals surface area contributed by atoms with Crippen LogP contribution in [0.15, 0.2) is 18.2 Å². The second-order valence-electron chi connectivity index (χ2n) is 4.23. The summed E-state index contributed by atoms with van der Waals surface area (Å²) in [6.07, 6.45) is 0. The predicted octanol–water partition coefficient (Wildman–Crippen LogP) is 1.45. The zero-order chi connectivity index (χ0) is 13.9. The van der Waals surface area contributed by atoms with Crippen LogP contribution in [0.1, 0.15) is 24.2 Å². The minimum Gasteiger partial charge on any atom is -0.478 e. The maximum atomic E-state index is 13.3. The van der Waals surface area contributed by atoms with Crippen LogP contribution >= 0.6 is 0 Å². The highest BCUT2D eigenvalue weighted by molar-refractivity contribution is 6.02. The van der Waals surface area contributed by atoms with E-state index in [4.69, 9.17) is 10.8 Å². The van der Waals surface area contributed by atoms with E-state index in [9.17, 15) is 14.0 Å². The van der Waals surface area contributed by atoms with Gasteiger partial charge in [0.15, 0.2) is 0 Å². The van der Waals surface area contributed by atoms with Crippen LogP contribution in [0.2, 0.25) is 0 Å². The molecule has 98 valence electrons. The molecule has 0 spiro atoms. The summed E-state index contributed by atoms with van der Waals surface area (Å²) in [5, 5.41) is 11.2. The van der Waals surface area contributed by atoms with E-state index < -0.39 is 29.3 Å². The van der Waals surface area contributed by atoms with E-state index in [1.807, 2.05) is 0 Å². The van der Waals surface area contributed by atoms with Crippen molar-refractivity contribution in [3.8, 4) is 0 Å². The van der Waals surface area contributed by atoms with Gasteiger partial charge in [-0.1, -0.05) is 19.9 Å². The predicted molar refractivity (Wildman–Crippen MR) is 64.8 cm³/mol. The summed E-state index contributed by atoms with van der Waals surface area (Å²) in [6, 6.07) is 2.87. The molecule has 5 nitrogen and oxygen atoms in total. The fraction of sp³-hybridized carbons (Fsp3) is 0.333. The van der Waals surface area contributed by atoms with Gasteiger partial charge < -0.3 is 16.2 Å². The Hall–Kier alpha value is -1.95. The third-order valence-corrected chi connectivity index (χ3v) is 2.51. The van der Waals surface area contributed by atoms with Crippen LogP contribution in [0.5, 0.6) is 0 Å². The van der Waals surface area contributed by atoms with Gasteiger partial charge in [-0.3, -0.25) is 4.79 Å². The molecule has 0 saturated heterocycles. The van der Waals surface area contributed by atoms with Gasteiger partial charge in [-0.15, -0.1) is 0 Å². The third-order valence-electron chi connectivity index (χ3n) is 2.51. The van der Waals surface area contributed by atoms with Gasteiger partial charge in [-0.2, -0.15) is 0 Å². The average Bonchev–Trinajstić information content (AvgIpc) is 2.27. The second kappa shape index (κ2) is 5.59. The zero-order valence-corrected chi connectivity index (χ0v) is 10.1. The Labute approximate surface area is 104 Å². The molecule has 0 aliphatic carbocycles.